The van der Waals surface area contributed by atoms with E-state index in [0.717, 1.165) is 0 Å². The van der Waals surface area contributed by atoms with Gasteiger partial charge >= 0.3 is 0 Å². The minimum atomic E-state index is 1.37. The lowest BCUT2D eigenvalue weighted by molar-refractivity contribution is 1.69. The Morgan fingerprint density at radius 1 is 0.423 bits per heavy atom. The Balaban J connectivity index is 1.86. The molecule has 0 heterocycles. The van der Waals surface area contributed by atoms with Crippen LogP contribution < -0.4 is 0 Å². The Kier molecular flexibility index (Phi) is 2.02. The SMILES string of the molecule is CC1=Cc2ccc3c4ccc5c6c(ccc(c7ccc1c2c37)c64)C=C5C. The molecule has 0 heteroatoms. The van der Waals surface area contributed by atoms with Crippen LogP contribution in [0.15, 0.2) is 48.5 Å². The van der Waals surface area contributed by atoms with Gasteiger partial charge in [0.15, 0.2) is 0 Å². The highest BCUT2D eigenvalue weighted by Gasteiger charge is 2.22. The largest absolute Gasteiger partial charge is 0.0537 e. The molecule has 0 aromatic heterocycles. The first-order chi connectivity index (χ1) is 12.7. The van der Waals surface area contributed by atoms with Crippen LogP contribution in [0, 0.1) is 0 Å². The van der Waals surface area contributed by atoms with Crippen LogP contribution in [0.5, 0.6) is 0 Å². The normalized spacial score (nSPS) is 15.0. The fraction of sp³-hybridized carbons (Fsp3) is 0.0769. The zero-order valence-electron chi connectivity index (χ0n) is 14.8. The molecule has 0 unspecified atom stereocenters. The van der Waals surface area contributed by atoms with Crippen molar-refractivity contribution in [2.24, 2.45) is 0 Å². The van der Waals surface area contributed by atoms with E-state index >= 15 is 0 Å². The molecule has 2 aliphatic rings. The number of fused-ring (bicyclic) bond motifs is 2. The van der Waals surface area contributed by atoms with Crippen LogP contribution >= 0.6 is 0 Å². The average Bonchev–Trinajstić information content (AvgIpc) is 3.16. The molecule has 120 valence electrons. The molecule has 0 spiro atoms. The van der Waals surface area contributed by atoms with E-state index in [2.05, 4.69) is 74.5 Å². The van der Waals surface area contributed by atoms with Crippen LogP contribution in [0.4, 0.5) is 0 Å². The van der Waals surface area contributed by atoms with Gasteiger partial charge in [0.2, 0.25) is 0 Å². The van der Waals surface area contributed by atoms with Crippen molar-refractivity contribution in [2.45, 2.75) is 13.8 Å². The Hall–Kier alpha value is -3.12. The second-order valence-corrected chi connectivity index (χ2v) is 7.88. The van der Waals surface area contributed by atoms with Crippen LogP contribution in [0.3, 0.4) is 0 Å². The summed E-state index contributed by atoms with van der Waals surface area (Å²) in [5.41, 5.74) is 8.29. The third-order valence-corrected chi connectivity index (χ3v) is 6.56. The molecule has 0 nitrogen and oxygen atoms in total. The molecule has 0 saturated heterocycles. The molecule has 0 saturated carbocycles. The molecule has 0 N–H and O–H groups in total. The molecular weight excluding hydrogens is 312 g/mol. The maximum absolute atomic E-state index is 2.34. The topological polar surface area (TPSA) is 0 Å². The molecule has 7 rings (SSSR count). The summed E-state index contributed by atoms with van der Waals surface area (Å²) in [6.45, 7) is 4.45. The molecule has 0 atom stereocenters. The highest BCUT2D eigenvalue weighted by Crippen LogP contribution is 2.48. The molecule has 0 amide bonds. The van der Waals surface area contributed by atoms with Gasteiger partial charge in [0.1, 0.15) is 0 Å². The summed E-state index contributed by atoms with van der Waals surface area (Å²) < 4.78 is 0. The van der Waals surface area contributed by atoms with Gasteiger partial charge < -0.3 is 0 Å². The van der Waals surface area contributed by atoms with E-state index in [9.17, 15) is 0 Å². The van der Waals surface area contributed by atoms with Crippen molar-refractivity contribution < 1.29 is 0 Å². The molecule has 0 aliphatic heterocycles. The zero-order valence-corrected chi connectivity index (χ0v) is 14.8. The summed E-state index contributed by atoms with van der Waals surface area (Å²) in [5, 5.41) is 11.3. The molecular formula is C26H16. The van der Waals surface area contributed by atoms with E-state index in [0.29, 0.717) is 0 Å². The Labute approximate surface area is 151 Å². The highest BCUT2D eigenvalue weighted by atomic mass is 14.3. The van der Waals surface area contributed by atoms with Gasteiger partial charge in [-0.05, 0) is 90.3 Å². The smallest absolute Gasteiger partial charge is 0.00142 e. The molecule has 26 heavy (non-hydrogen) atoms. The molecule has 0 bridgehead atoms. The van der Waals surface area contributed by atoms with Gasteiger partial charge in [0.25, 0.3) is 0 Å². The summed E-state index contributed by atoms with van der Waals surface area (Å²) in [6.07, 6.45) is 4.66. The number of hydrogen-bond acceptors (Lipinski definition) is 0. The molecule has 5 aromatic rings. The third kappa shape index (κ3) is 1.26. The van der Waals surface area contributed by atoms with Crippen LogP contribution in [-0.2, 0) is 0 Å². The number of benzene rings is 5. The van der Waals surface area contributed by atoms with Crippen molar-refractivity contribution >= 4 is 66.4 Å². The minimum Gasteiger partial charge on any atom is -0.0537 e. The molecule has 5 aromatic carbocycles. The second kappa shape index (κ2) is 3.99. The molecule has 0 fully saturated rings. The standard InChI is InChI=1S/C26H16/c1-13-11-15-3-5-19-22-10-8-18-14(2)12-16-4-6-20(26(22)24(16)18)21-9-7-17(13)23(15)25(19)21/h3-12H,1-2H3. The first kappa shape index (κ1) is 13.1. The Bertz CT molecular complexity index is 1390. The summed E-state index contributed by atoms with van der Waals surface area (Å²) in [6, 6.07) is 18.6. The Morgan fingerprint density at radius 3 is 1.23 bits per heavy atom. The minimum absolute atomic E-state index is 1.37. The predicted molar refractivity (Wildman–Crippen MR) is 115 cm³/mol. The monoisotopic (exact) mass is 328 g/mol. The van der Waals surface area contributed by atoms with E-state index < -0.39 is 0 Å². The van der Waals surface area contributed by atoms with Crippen molar-refractivity contribution in [3.63, 3.8) is 0 Å². The van der Waals surface area contributed by atoms with E-state index in [1.165, 1.54) is 76.5 Å². The second-order valence-electron chi connectivity index (χ2n) is 7.88. The average molecular weight is 328 g/mol. The summed E-state index contributed by atoms with van der Waals surface area (Å²) in [7, 11) is 0. The van der Waals surface area contributed by atoms with Gasteiger partial charge in [-0.2, -0.15) is 0 Å². The van der Waals surface area contributed by atoms with E-state index in [1.54, 1.807) is 0 Å². The van der Waals surface area contributed by atoms with Crippen LogP contribution in [0.2, 0.25) is 0 Å². The van der Waals surface area contributed by atoms with Crippen molar-refractivity contribution in [1.29, 1.82) is 0 Å². The predicted octanol–water partition coefficient (Wildman–Crippen LogP) is 7.49. The summed E-state index contributed by atoms with van der Waals surface area (Å²) in [5.74, 6) is 0. The van der Waals surface area contributed by atoms with Crippen LogP contribution in [0.1, 0.15) is 36.1 Å². The third-order valence-electron chi connectivity index (χ3n) is 6.56. The Morgan fingerprint density at radius 2 is 0.808 bits per heavy atom. The van der Waals surface area contributed by atoms with Gasteiger partial charge in [-0.1, -0.05) is 60.7 Å². The van der Waals surface area contributed by atoms with Gasteiger partial charge in [0, 0.05) is 0 Å². The van der Waals surface area contributed by atoms with Crippen molar-refractivity contribution in [1.82, 2.24) is 0 Å². The fourth-order valence-electron chi connectivity index (χ4n) is 5.46. The first-order valence-electron chi connectivity index (χ1n) is 9.30. The van der Waals surface area contributed by atoms with Crippen molar-refractivity contribution in [2.75, 3.05) is 0 Å². The van der Waals surface area contributed by atoms with Crippen molar-refractivity contribution in [3.05, 3.63) is 70.8 Å². The maximum Gasteiger partial charge on any atom is -0.00142 e. The lowest BCUT2D eigenvalue weighted by Gasteiger charge is -2.17. The number of rotatable bonds is 0. The van der Waals surface area contributed by atoms with Gasteiger partial charge in [-0.15, -0.1) is 0 Å². The molecule has 0 radical (unpaired) electrons. The van der Waals surface area contributed by atoms with E-state index in [1.807, 2.05) is 0 Å². The highest BCUT2D eigenvalue weighted by molar-refractivity contribution is 6.37. The van der Waals surface area contributed by atoms with E-state index in [4.69, 9.17) is 0 Å². The first-order valence-corrected chi connectivity index (χ1v) is 9.30. The zero-order chi connectivity index (χ0) is 17.2. The summed E-state index contributed by atoms with van der Waals surface area (Å²) in [4.78, 5) is 0. The van der Waals surface area contributed by atoms with Crippen LogP contribution in [0.25, 0.3) is 66.4 Å². The summed E-state index contributed by atoms with van der Waals surface area (Å²) >= 11 is 0. The maximum atomic E-state index is 2.34. The number of hydrogen-bond donors (Lipinski definition) is 0. The fourth-order valence-corrected chi connectivity index (χ4v) is 5.46. The van der Waals surface area contributed by atoms with Crippen LogP contribution in [-0.4, -0.2) is 0 Å². The lowest BCUT2D eigenvalue weighted by Crippen LogP contribution is -1.90. The quantitative estimate of drug-likeness (QED) is 0.204. The molecule has 2 aliphatic carbocycles. The van der Waals surface area contributed by atoms with Gasteiger partial charge in [0.05, 0.1) is 0 Å². The number of allylic oxidation sites excluding steroid dienone is 2. The van der Waals surface area contributed by atoms with Gasteiger partial charge in [-0.25, -0.2) is 0 Å². The van der Waals surface area contributed by atoms with Gasteiger partial charge in [-0.3, -0.25) is 0 Å². The van der Waals surface area contributed by atoms with E-state index in [-0.39, 0.29) is 0 Å². The van der Waals surface area contributed by atoms with Crippen molar-refractivity contribution in [3.8, 4) is 0 Å². The lowest BCUT2D eigenvalue weighted by atomic mass is 9.86.